The number of halogens is 1. The Morgan fingerprint density at radius 1 is 1.13 bits per heavy atom. The molecule has 0 atom stereocenters. The van der Waals surface area contributed by atoms with Crippen LogP contribution in [0.4, 0.5) is 5.95 Å². The molecule has 2 aromatic heterocycles. The minimum Gasteiger partial charge on any atom is -0.369 e. The fourth-order valence-corrected chi connectivity index (χ4v) is 2.78. The van der Waals surface area contributed by atoms with Gasteiger partial charge >= 0.3 is 5.69 Å². The second kappa shape index (κ2) is 5.10. The van der Waals surface area contributed by atoms with E-state index >= 15 is 0 Å². The van der Waals surface area contributed by atoms with E-state index in [9.17, 15) is 4.79 Å². The second-order valence-corrected chi connectivity index (χ2v) is 5.65. The Morgan fingerprint density at radius 3 is 2.70 bits per heavy atom. The summed E-state index contributed by atoms with van der Waals surface area (Å²) < 4.78 is 2.69. The summed E-state index contributed by atoms with van der Waals surface area (Å²) in [5.74, 6) is 0.110. The lowest BCUT2D eigenvalue weighted by molar-refractivity contribution is 0.659. The van der Waals surface area contributed by atoms with Gasteiger partial charge in [0.1, 0.15) is 0 Å². The molecule has 0 amide bonds. The van der Waals surface area contributed by atoms with E-state index < -0.39 is 0 Å². The lowest BCUT2D eigenvalue weighted by atomic mass is 10.2. The molecule has 2 N–H and O–H groups in total. The van der Waals surface area contributed by atoms with E-state index in [1.54, 1.807) is 18.2 Å². The standard InChI is InChI=1S/C16H12ClN5O/c17-11-6-7-13-12(8-11)14-20-21(9-10-4-2-1-3-5-10)16(23)22(14)15(18)19-13/h1-8H,9H2,(H2,18,19). The summed E-state index contributed by atoms with van der Waals surface area (Å²) in [6.07, 6.45) is 0. The molecule has 0 saturated heterocycles. The molecule has 0 fully saturated rings. The maximum Gasteiger partial charge on any atom is 0.353 e. The van der Waals surface area contributed by atoms with Crippen molar-refractivity contribution in [1.29, 1.82) is 0 Å². The molecule has 6 nitrogen and oxygen atoms in total. The highest BCUT2D eigenvalue weighted by Gasteiger charge is 2.14. The van der Waals surface area contributed by atoms with Crippen LogP contribution in [0.25, 0.3) is 16.6 Å². The quantitative estimate of drug-likeness (QED) is 0.613. The van der Waals surface area contributed by atoms with E-state index in [0.717, 1.165) is 5.56 Å². The van der Waals surface area contributed by atoms with Crippen LogP contribution in [0, 0.1) is 0 Å². The van der Waals surface area contributed by atoms with Gasteiger partial charge in [-0.15, -0.1) is 5.10 Å². The van der Waals surface area contributed by atoms with Crippen molar-refractivity contribution in [3.8, 4) is 0 Å². The summed E-state index contributed by atoms with van der Waals surface area (Å²) >= 11 is 6.05. The van der Waals surface area contributed by atoms with Crippen molar-refractivity contribution in [2.45, 2.75) is 6.54 Å². The zero-order chi connectivity index (χ0) is 16.0. The molecular weight excluding hydrogens is 314 g/mol. The summed E-state index contributed by atoms with van der Waals surface area (Å²) in [7, 11) is 0. The number of aromatic nitrogens is 4. The zero-order valence-corrected chi connectivity index (χ0v) is 12.7. The zero-order valence-electron chi connectivity index (χ0n) is 12.0. The minimum absolute atomic E-state index is 0.110. The number of rotatable bonds is 2. The highest BCUT2D eigenvalue weighted by Crippen LogP contribution is 2.22. The molecule has 2 aromatic carbocycles. The Morgan fingerprint density at radius 2 is 1.91 bits per heavy atom. The SMILES string of the molecule is Nc1nc2ccc(Cl)cc2c2nn(Cc3ccccc3)c(=O)n12. The Hall–Kier alpha value is -2.86. The van der Waals surface area contributed by atoms with E-state index in [4.69, 9.17) is 17.3 Å². The molecule has 0 aliphatic heterocycles. The van der Waals surface area contributed by atoms with Crippen molar-refractivity contribution in [2.75, 3.05) is 5.73 Å². The van der Waals surface area contributed by atoms with Crippen LogP contribution in [0.1, 0.15) is 5.56 Å². The second-order valence-electron chi connectivity index (χ2n) is 5.22. The highest BCUT2D eigenvalue weighted by molar-refractivity contribution is 6.31. The summed E-state index contributed by atoms with van der Waals surface area (Å²) in [4.78, 5) is 16.8. The normalized spacial score (nSPS) is 11.3. The molecule has 4 aromatic rings. The monoisotopic (exact) mass is 325 g/mol. The predicted molar refractivity (Wildman–Crippen MR) is 89.7 cm³/mol. The van der Waals surface area contributed by atoms with Gasteiger partial charge in [0.2, 0.25) is 5.95 Å². The lowest BCUT2D eigenvalue weighted by Crippen LogP contribution is -2.23. The third-order valence-corrected chi connectivity index (χ3v) is 3.91. The van der Waals surface area contributed by atoms with E-state index in [-0.39, 0.29) is 11.6 Å². The average molecular weight is 326 g/mol. The molecule has 0 unspecified atom stereocenters. The van der Waals surface area contributed by atoms with Crippen molar-refractivity contribution < 1.29 is 0 Å². The summed E-state index contributed by atoms with van der Waals surface area (Å²) in [5, 5.41) is 5.67. The maximum atomic E-state index is 12.6. The smallest absolute Gasteiger partial charge is 0.353 e. The number of nitrogen functional groups attached to an aromatic ring is 1. The van der Waals surface area contributed by atoms with Crippen LogP contribution in [0.3, 0.4) is 0 Å². The summed E-state index contributed by atoms with van der Waals surface area (Å²) in [6, 6.07) is 14.9. The first-order chi connectivity index (χ1) is 11.1. The number of anilines is 1. The average Bonchev–Trinajstić information content (AvgIpc) is 2.87. The van der Waals surface area contributed by atoms with Gasteiger partial charge in [-0.1, -0.05) is 41.9 Å². The maximum absolute atomic E-state index is 12.6. The number of benzene rings is 2. The van der Waals surface area contributed by atoms with Crippen LogP contribution in [0.2, 0.25) is 5.02 Å². The largest absolute Gasteiger partial charge is 0.369 e. The molecule has 2 heterocycles. The molecule has 0 radical (unpaired) electrons. The molecule has 0 bridgehead atoms. The third-order valence-electron chi connectivity index (χ3n) is 3.68. The number of fused-ring (bicyclic) bond motifs is 3. The molecule has 0 aliphatic carbocycles. The van der Waals surface area contributed by atoms with Gasteiger partial charge in [0.25, 0.3) is 0 Å². The molecule has 0 aliphatic rings. The number of nitrogens with two attached hydrogens (primary N) is 1. The van der Waals surface area contributed by atoms with Crippen molar-refractivity contribution in [3.05, 3.63) is 69.6 Å². The Balaban J connectivity index is 1.99. The Kier molecular flexibility index (Phi) is 3.06. The Bertz CT molecular complexity index is 1080. The van der Waals surface area contributed by atoms with Gasteiger partial charge in [0.05, 0.1) is 12.1 Å². The molecule has 114 valence electrons. The predicted octanol–water partition coefficient (Wildman–Crippen LogP) is 2.33. The fourth-order valence-electron chi connectivity index (χ4n) is 2.61. The highest BCUT2D eigenvalue weighted by atomic mass is 35.5. The first kappa shape index (κ1) is 13.8. The van der Waals surface area contributed by atoms with Gasteiger partial charge in [0.15, 0.2) is 5.65 Å². The first-order valence-corrected chi connectivity index (χ1v) is 7.39. The molecule has 0 saturated carbocycles. The summed E-state index contributed by atoms with van der Waals surface area (Å²) in [5.41, 5.74) is 7.69. The van der Waals surface area contributed by atoms with Crippen LogP contribution < -0.4 is 11.4 Å². The van der Waals surface area contributed by atoms with Crippen LogP contribution >= 0.6 is 11.6 Å². The van der Waals surface area contributed by atoms with Gasteiger partial charge < -0.3 is 5.73 Å². The number of hydrogen-bond acceptors (Lipinski definition) is 4. The van der Waals surface area contributed by atoms with Crippen LogP contribution in [0.5, 0.6) is 0 Å². The fraction of sp³-hybridized carbons (Fsp3) is 0.0625. The van der Waals surface area contributed by atoms with Crippen LogP contribution in [-0.4, -0.2) is 19.2 Å². The van der Waals surface area contributed by atoms with Gasteiger partial charge in [-0.05, 0) is 23.8 Å². The van der Waals surface area contributed by atoms with Crippen molar-refractivity contribution in [1.82, 2.24) is 19.2 Å². The number of nitrogens with zero attached hydrogens (tertiary/aromatic N) is 4. The van der Waals surface area contributed by atoms with Crippen molar-refractivity contribution in [3.63, 3.8) is 0 Å². The molecule has 4 rings (SSSR count). The molecular formula is C16H12ClN5O. The first-order valence-electron chi connectivity index (χ1n) is 7.02. The van der Waals surface area contributed by atoms with Crippen LogP contribution in [-0.2, 0) is 6.54 Å². The van der Waals surface area contributed by atoms with Gasteiger partial charge in [-0.2, -0.15) is 0 Å². The molecule has 23 heavy (non-hydrogen) atoms. The van der Waals surface area contributed by atoms with Gasteiger partial charge in [-0.25, -0.2) is 18.9 Å². The van der Waals surface area contributed by atoms with E-state index in [2.05, 4.69) is 10.1 Å². The van der Waals surface area contributed by atoms with Gasteiger partial charge in [-0.3, -0.25) is 0 Å². The third kappa shape index (κ3) is 2.24. The van der Waals surface area contributed by atoms with Gasteiger partial charge in [0, 0.05) is 10.4 Å². The summed E-state index contributed by atoms with van der Waals surface area (Å²) in [6.45, 7) is 0.364. The van der Waals surface area contributed by atoms with E-state index in [1.807, 2.05) is 30.3 Å². The Labute approximate surface area is 135 Å². The van der Waals surface area contributed by atoms with E-state index in [0.29, 0.717) is 28.1 Å². The lowest BCUT2D eigenvalue weighted by Gasteiger charge is -2.01. The molecule has 0 spiro atoms. The van der Waals surface area contributed by atoms with E-state index in [1.165, 1.54) is 9.08 Å². The number of hydrogen-bond donors (Lipinski definition) is 1. The van der Waals surface area contributed by atoms with Crippen molar-refractivity contribution in [2.24, 2.45) is 0 Å². The van der Waals surface area contributed by atoms with Crippen molar-refractivity contribution >= 4 is 34.1 Å². The molecule has 7 heteroatoms. The van der Waals surface area contributed by atoms with Crippen LogP contribution in [0.15, 0.2) is 53.3 Å². The topological polar surface area (TPSA) is 78.2 Å². The minimum atomic E-state index is -0.323.